The average molecular weight is 304 g/mol. The third-order valence-electron chi connectivity index (χ3n) is 3.12. The summed E-state index contributed by atoms with van der Waals surface area (Å²) in [5.41, 5.74) is 0. The molecule has 0 aromatic carbocycles. The molecule has 1 amide bonds. The molecule has 0 bridgehead atoms. The molecule has 2 rings (SSSR count). The number of amides is 1. The van der Waals surface area contributed by atoms with Crippen LogP contribution in [0.25, 0.3) is 6.08 Å². The van der Waals surface area contributed by atoms with Crippen LogP contribution in [-0.4, -0.2) is 31.4 Å². The number of hydrogen-bond acceptors (Lipinski definition) is 4. The van der Waals surface area contributed by atoms with E-state index in [9.17, 15) is 4.79 Å². The second kappa shape index (κ2) is 7.24. The molecule has 0 aliphatic heterocycles. The van der Waals surface area contributed by atoms with Crippen molar-refractivity contribution >= 4 is 23.3 Å². The highest BCUT2D eigenvalue weighted by Gasteiger charge is 2.15. The molecule has 1 atom stereocenters. The third kappa shape index (κ3) is 4.58. The number of likely N-dealkylation sites (N-methyl/N-ethyl adjacent to an activating group) is 1. The van der Waals surface area contributed by atoms with Crippen LogP contribution >= 0.6 is 11.3 Å². The summed E-state index contributed by atoms with van der Waals surface area (Å²) in [6, 6.07) is 8.01. The first-order valence-corrected chi connectivity index (χ1v) is 7.66. The van der Waals surface area contributed by atoms with Gasteiger partial charge in [0.05, 0.1) is 6.04 Å². The van der Waals surface area contributed by atoms with E-state index in [2.05, 4.69) is 16.3 Å². The molecule has 0 aliphatic rings. The van der Waals surface area contributed by atoms with Crippen molar-refractivity contribution in [3.05, 3.63) is 52.1 Å². The zero-order valence-corrected chi connectivity index (χ0v) is 13.3. The molecule has 1 N–H and O–H groups in total. The van der Waals surface area contributed by atoms with Crippen molar-refractivity contribution in [3.63, 3.8) is 0 Å². The predicted molar refractivity (Wildman–Crippen MR) is 86.2 cm³/mol. The van der Waals surface area contributed by atoms with E-state index < -0.39 is 0 Å². The van der Waals surface area contributed by atoms with Gasteiger partial charge in [-0.3, -0.25) is 4.79 Å². The molecule has 5 heteroatoms. The molecule has 2 heterocycles. The number of rotatable bonds is 6. The highest BCUT2D eigenvalue weighted by molar-refractivity contribution is 7.10. The van der Waals surface area contributed by atoms with Gasteiger partial charge >= 0.3 is 0 Å². The van der Waals surface area contributed by atoms with Crippen LogP contribution in [0.5, 0.6) is 0 Å². The van der Waals surface area contributed by atoms with Crippen molar-refractivity contribution in [1.29, 1.82) is 0 Å². The smallest absolute Gasteiger partial charge is 0.244 e. The lowest BCUT2D eigenvalue weighted by atomic mass is 10.2. The molecule has 21 heavy (non-hydrogen) atoms. The van der Waals surface area contributed by atoms with Crippen LogP contribution < -0.4 is 5.32 Å². The standard InChI is InChI=1S/C16H20N2O2S/c1-12-6-7-13(20-12)8-9-16(19)17-11-14(18(2)3)15-5-4-10-21-15/h4-10,14H,11H2,1-3H3,(H,17,19)/b9-8+. The molecule has 0 radical (unpaired) electrons. The number of hydrogen-bond donors (Lipinski definition) is 1. The highest BCUT2D eigenvalue weighted by atomic mass is 32.1. The Bertz CT molecular complexity index is 600. The van der Waals surface area contributed by atoms with Gasteiger partial charge in [0, 0.05) is 17.5 Å². The Kier molecular flexibility index (Phi) is 5.36. The summed E-state index contributed by atoms with van der Waals surface area (Å²) in [7, 11) is 4.02. The maximum absolute atomic E-state index is 11.9. The minimum absolute atomic E-state index is 0.118. The number of thiophene rings is 1. The Morgan fingerprint density at radius 1 is 1.43 bits per heavy atom. The lowest BCUT2D eigenvalue weighted by Gasteiger charge is -2.23. The quantitative estimate of drug-likeness (QED) is 0.834. The summed E-state index contributed by atoms with van der Waals surface area (Å²) >= 11 is 1.70. The molecule has 0 saturated heterocycles. The van der Waals surface area contributed by atoms with Crippen LogP contribution in [0.1, 0.15) is 22.4 Å². The number of carbonyl (C=O) groups excluding carboxylic acids is 1. The second-order valence-electron chi connectivity index (χ2n) is 5.02. The van der Waals surface area contributed by atoms with Gasteiger partial charge in [0.15, 0.2) is 0 Å². The van der Waals surface area contributed by atoms with Crippen molar-refractivity contribution in [1.82, 2.24) is 10.2 Å². The SMILES string of the molecule is Cc1ccc(/C=C/C(=O)NCC(c2cccs2)N(C)C)o1. The molecule has 0 saturated carbocycles. The zero-order valence-electron chi connectivity index (χ0n) is 12.5. The van der Waals surface area contributed by atoms with Crippen molar-refractivity contribution < 1.29 is 9.21 Å². The molecule has 0 fully saturated rings. The number of carbonyl (C=O) groups is 1. The van der Waals surface area contributed by atoms with Crippen molar-refractivity contribution in [2.75, 3.05) is 20.6 Å². The summed E-state index contributed by atoms with van der Waals surface area (Å²) < 4.78 is 5.38. The first-order chi connectivity index (χ1) is 10.1. The Balaban J connectivity index is 1.89. The molecule has 2 aromatic heterocycles. The summed E-state index contributed by atoms with van der Waals surface area (Å²) in [6.07, 6.45) is 3.18. The zero-order chi connectivity index (χ0) is 15.2. The summed E-state index contributed by atoms with van der Waals surface area (Å²) in [6.45, 7) is 2.45. The second-order valence-corrected chi connectivity index (χ2v) is 6.00. The van der Waals surface area contributed by atoms with Crippen LogP contribution in [0.15, 0.2) is 40.1 Å². The Labute approximate surface area is 129 Å². The van der Waals surface area contributed by atoms with Gasteiger partial charge < -0.3 is 14.6 Å². The van der Waals surface area contributed by atoms with E-state index in [0.29, 0.717) is 12.3 Å². The summed E-state index contributed by atoms with van der Waals surface area (Å²) in [4.78, 5) is 15.2. The van der Waals surface area contributed by atoms with Crippen LogP contribution in [-0.2, 0) is 4.79 Å². The summed E-state index contributed by atoms with van der Waals surface area (Å²) in [5.74, 6) is 1.40. The normalized spacial score (nSPS) is 13.0. The Morgan fingerprint density at radius 2 is 2.24 bits per heavy atom. The maximum atomic E-state index is 11.9. The van der Waals surface area contributed by atoms with Crippen LogP contribution in [0.4, 0.5) is 0 Å². The van der Waals surface area contributed by atoms with Gasteiger partial charge in [0.25, 0.3) is 0 Å². The van der Waals surface area contributed by atoms with E-state index in [4.69, 9.17) is 4.42 Å². The molecular formula is C16H20N2O2S. The van der Waals surface area contributed by atoms with Gasteiger partial charge in [-0.05, 0) is 50.7 Å². The van der Waals surface area contributed by atoms with E-state index in [1.54, 1.807) is 17.4 Å². The van der Waals surface area contributed by atoms with E-state index in [1.807, 2.05) is 44.6 Å². The monoisotopic (exact) mass is 304 g/mol. The molecule has 2 aromatic rings. The van der Waals surface area contributed by atoms with Crippen molar-refractivity contribution in [3.8, 4) is 0 Å². The highest BCUT2D eigenvalue weighted by Crippen LogP contribution is 2.22. The number of aryl methyl sites for hydroxylation is 1. The Morgan fingerprint density at radius 3 is 2.81 bits per heavy atom. The van der Waals surface area contributed by atoms with Crippen LogP contribution in [0, 0.1) is 6.92 Å². The molecule has 1 unspecified atom stereocenters. The first kappa shape index (κ1) is 15.5. The number of nitrogens with one attached hydrogen (secondary N) is 1. The minimum Gasteiger partial charge on any atom is -0.462 e. The molecule has 0 spiro atoms. The van der Waals surface area contributed by atoms with Gasteiger partial charge in [-0.25, -0.2) is 0 Å². The Hall–Kier alpha value is -1.85. The van der Waals surface area contributed by atoms with Crippen LogP contribution in [0.3, 0.4) is 0 Å². The van der Waals surface area contributed by atoms with Gasteiger partial charge in [-0.2, -0.15) is 0 Å². The average Bonchev–Trinajstić information content (AvgIpc) is 3.08. The lowest BCUT2D eigenvalue weighted by molar-refractivity contribution is -0.116. The molecule has 112 valence electrons. The predicted octanol–water partition coefficient (Wildman–Crippen LogP) is 3.08. The molecular weight excluding hydrogens is 284 g/mol. The van der Waals surface area contributed by atoms with Gasteiger partial charge in [0.1, 0.15) is 11.5 Å². The topological polar surface area (TPSA) is 45.5 Å². The number of furan rings is 1. The van der Waals surface area contributed by atoms with E-state index in [-0.39, 0.29) is 11.9 Å². The van der Waals surface area contributed by atoms with Gasteiger partial charge in [-0.15, -0.1) is 11.3 Å². The summed E-state index contributed by atoms with van der Waals surface area (Å²) in [5, 5.41) is 4.98. The molecule has 0 aliphatic carbocycles. The fraction of sp³-hybridized carbons (Fsp3) is 0.312. The van der Waals surface area contributed by atoms with Crippen molar-refractivity contribution in [2.45, 2.75) is 13.0 Å². The van der Waals surface area contributed by atoms with Crippen molar-refractivity contribution in [2.24, 2.45) is 0 Å². The van der Waals surface area contributed by atoms with E-state index >= 15 is 0 Å². The molecule has 4 nitrogen and oxygen atoms in total. The fourth-order valence-electron chi connectivity index (χ4n) is 1.98. The fourth-order valence-corrected chi connectivity index (χ4v) is 2.90. The number of nitrogens with zero attached hydrogens (tertiary/aromatic N) is 1. The van der Waals surface area contributed by atoms with E-state index in [0.717, 1.165) is 5.76 Å². The van der Waals surface area contributed by atoms with Gasteiger partial charge in [-0.1, -0.05) is 6.07 Å². The maximum Gasteiger partial charge on any atom is 0.244 e. The first-order valence-electron chi connectivity index (χ1n) is 6.78. The third-order valence-corrected chi connectivity index (χ3v) is 4.10. The van der Waals surface area contributed by atoms with Crippen LogP contribution in [0.2, 0.25) is 0 Å². The van der Waals surface area contributed by atoms with E-state index in [1.165, 1.54) is 11.0 Å². The largest absolute Gasteiger partial charge is 0.462 e. The van der Waals surface area contributed by atoms with Gasteiger partial charge in [0.2, 0.25) is 5.91 Å². The lowest BCUT2D eigenvalue weighted by Crippen LogP contribution is -2.33. The minimum atomic E-state index is -0.118.